The number of nitrogens with zero attached hydrogens (tertiary/aromatic N) is 2. The highest BCUT2D eigenvalue weighted by atomic mass is 16.6. The van der Waals surface area contributed by atoms with E-state index < -0.39 is 17.7 Å². The van der Waals surface area contributed by atoms with E-state index in [1.54, 1.807) is 36.5 Å². The molecule has 1 aromatic heterocycles. The van der Waals surface area contributed by atoms with Gasteiger partial charge in [-0.1, -0.05) is 18.2 Å². The van der Waals surface area contributed by atoms with Crippen LogP contribution in [-0.2, 0) is 9.47 Å². The molecule has 0 bridgehead atoms. The summed E-state index contributed by atoms with van der Waals surface area (Å²) in [5, 5.41) is 22.2. The minimum atomic E-state index is -1.22. The fourth-order valence-electron chi connectivity index (χ4n) is 4.16. The molecule has 0 unspecified atom stereocenters. The minimum absolute atomic E-state index is 0.0558. The molecule has 0 radical (unpaired) electrons. The first-order chi connectivity index (χ1) is 14.5. The maximum atomic E-state index is 13.3. The Kier molecular flexibility index (Phi) is 5.31. The molecule has 7 nitrogen and oxygen atoms in total. The van der Waals surface area contributed by atoms with Crippen molar-refractivity contribution in [1.29, 1.82) is 5.26 Å². The Hall–Kier alpha value is -3.18. The Labute approximate surface area is 173 Å². The van der Waals surface area contributed by atoms with E-state index in [0.29, 0.717) is 22.3 Å². The first-order valence-corrected chi connectivity index (χ1v) is 9.53. The highest BCUT2D eigenvalue weighted by molar-refractivity contribution is 5.81. The molecule has 1 N–H and O–H groups in total. The Morgan fingerprint density at radius 1 is 1.17 bits per heavy atom. The Morgan fingerprint density at radius 2 is 1.90 bits per heavy atom. The number of ether oxygens (including phenoxy) is 3. The quantitative estimate of drug-likeness (QED) is 0.699. The van der Waals surface area contributed by atoms with Gasteiger partial charge in [0.2, 0.25) is 0 Å². The number of benzene rings is 2. The van der Waals surface area contributed by atoms with Gasteiger partial charge >= 0.3 is 0 Å². The van der Waals surface area contributed by atoms with Crippen LogP contribution in [0, 0.1) is 11.3 Å². The third-order valence-electron chi connectivity index (χ3n) is 5.53. The topological polar surface area (TPSA) is 93.7 Å². The lowest BCUT2D eigenvalue weighted by atomic mass is 9.84. The van der Waals surface area contributed by atoms with Crippen LogP contribution in [0.4, 0.5) is 0 Å². The zero-order chi connectivity index (χ0) is 21.3. The smallest absolute Gasteiger partial charge is 0.259 e. The fraction of sp³-hybridized carbons (Fsp3) is 0.304. The van der Waals surface area contributed by atoms with Gasteiger partial charge < -0.3 is 23.9 Å². The third kappa shape index (κ3) is 3.15. The summed E-state index contributed by atoms with van der Waals surface area (Å²) in [6.07, 6.45) is 0.495. The molecule has 0 saturated heterocycles. The highest BCUT2D eigenvalue weighted by Gasteiger charge is 2.51. The summed E-state index contributed by atoms with van der Waals surface area (Å²) in [5.74, 6) is 0.471. The molecule has 154 valence electrons. The molecule has 1 aliphatic rings. The first kappa shape index (κ1) is 20.1. The van der Waals surface area contributed by atoms with Crippen LogP contribution in [0.1, 0.15) is 17.2 Å². The molecular weight excluding hydrogens is 384 g/mol. The average molecular weight is 406 g/mol. The molecule has 7 heteroatoms. The van der Waals surface area contributed by atoms with Crippen molar-refractivity contribution in [3.8, 4) is 11.8 Å². The third-order valence-corrected chi connectivity index (χ3v) is 5.53. The van der Waals surface area contributed by atoms with Gasteiger partial charge in [-0.25, -0.2) is 0 Å². The summed E-state index contributed by atoms with van der Waals surface area (Å²) in [5.41, 5.74) is -0.493. The highest BCUT2D eigenvalue weighted by Crippen LogP contribution is 2.42. The number of hydrogen-bond acceptors (Lipinski definition) is 6. The molecule has 0 spiro atoms. The molecule has 0 amide bonds. The molecule has 0 aliphatic carbocycles. The van der Waals surface area contributed by atoms with Crippen LogP contribution < -0.4 is 10.3 Å². The summed E-state index contributed by atoms with van der Waals surface area (Å²) in [6, 6.07) is 15.4. The molecule has 2 heterocycles. The molecule has 0 fully saturated rings. The fourth-order valence-corrected chi connectivity index (χ4v) is 4.16. The summed E-state index contributed by atoms with van der Waals surface area (Å²) < 4.78 is 18.4. The van der Waals surface area contributed by atoms with Crippen molar-refractivity contribution in [3.63, 3.8) is 0 Å². The Balaban J connectivity index is 1.98. The monoisotopic (exact) mass is 406 g/mol. The molecule has 2 aromatic carbocycles. The number of aliphatic hydroxyl groups is 1. The largest absolute Gasteiger partial charge is 0.479 e. The van der Waals surface area contributed by atoms with E-state index in [1.165, 1.54) is 18.8 Å². The van der Waals surface area contributed by atoms with Crippen molar-refractivity contribution in [2.24, 2.45) is 0 Å². The lowest BCUT2D eigenvalue weighted by molar-refractivity contribution is -0.148. The number of aromatic nitrogens is 1. The van der Waals surface area contributed by atoms with Crippen LogP contribution >= 0.6 is 0 Å². The number of pyridine rings is 1. The summed E-state index contributed by atoms with van der Waals surface area (Å²) in [4.78, 5) is 13.3. The standard InChI is InChI=1S/C23H22N2O5/c1-28-13-23(14-29-2)21(26)20(18-11-15(12-24)7-8-19(18)30-23)25-10-9-16-5-3-4-6-17(16)22(25)27/h3-11,20-21,26H,13-14H2,1-2H3/t20-,21+/m1/s1. The number of rotatable bonds is 5. The van der Waals surface area contributed by atoms with Crippen LogP contribution in [0.3, 0.4) is 0 Å². The normalized spacial score (nSPS) is 19.7. The van der Waals surface area contributed by atoms with Crippen molar-refractivity contribution in [2.45, 2.75) is 17.7 Å². The number of aliphatic hydroxyl groups excluding tert-OH is 1. The average Bonchev–Trinajstić information content (AvgIpc) is 2.76. The summed E-state index contributed by atoms with van der Waals surface area (Å²) >= 11 is 0. The predicted molar refractivity (Wildman–Crippen MR) is 111 cm³/mol. The SMILES string of the molecule is COCC1(COC)Oc2ccc(C#N)cc2[C@@H](n2ccc3ccccc3c2=O)[C@@H]1O. The van der Waals surface area contributed by atoms with Crippen molar-refractivity contribution in [3.05, 3.63) is 76.2 Å². The van der Waals surface area contributed by atoms with Gasteiger partial charge in [-0.3, -0.25) is 4.79 Å². The van der Waals surface area contributed by atoms with Crippen LogP contribution in [0.5, 0.6) is 5.75 Å². The van der Waals surface area contributed by atoms with E-state index in [1.807, 2.05) is 18.2 Å². The maximum absolute atomic E-state index is 13.3. The van der Waals surface area contributed by atoms with E-state index in [0.717, 1.165) is 5.39 Å². The number of nitriles is 1. The van der Waals surface area contributed by atoms with Crippen molar-refractivity contribution in [1.82, 2.24) is 4.57 Å². The van der Waals surface area contributed by atoms with Gasteiger partial charge in [-0.15, -0.1) is 0 Å². The molecule has 30 heavy (non-hydrogen) atoms. The zero-order valence-electron chi connectivity index (χ0n) is 16.7. The second kappa shape index (κ2) is 7.92. The Morgan fingerprint density at radius 3 is 2.60 bits per heavy atom. The number of methoxy groups -OCH3 is 2. The molecule has 3 aromatic rings. The molecule has 2 atom stereocenters. The van der Waals surface area contributed by atoms with E-state index in [4.69, 9.17) is 14.2 Å². The molecular formula is C23H22N2O5. The predicted octanol–water partition coefficient (Wildman–Crippen LogP) is 2.25. The van der Waals surface area contributed by atoms with Gasteiger partial charge in [-0.05, 0) is 35.7 Å². The van der Waals surface area contributed by atoms with Crippen LogP contribution in [0.15, 0.2) is 59.5 Å². The van der Waals surface area contributed by atoms with Crippen LogP contribution in [-0.4, -0.2) is 48.8 Å². The van der Waals surface area contributed by atoms with E-state index >= 15 is 0 Å². The van der Waals surface area contributed by atoms with Crippen molar-refractivity contribution in [2.75, 3.05) is 27.4 Å². The van der Waals surface area contributed by atoms with Crippen LogP contribution in [0.2, 0.25) is 0 Å². The van der Waals surface area contributed by atoms with E-state index in [-0.39, 0.29) is 18.8 Å². The summed E-state index contributed by atoms with van der Waals surface area (Å²) in [7, 11) is 3.03. The second-order valence-corrected chi connectivity index (χ2v) is 7.40. The van der Waals surface area contributed by atoms with Gasteiger partial charge in [0.1, 0.15) is 11.9 Å². The lowest BCUT2D eigenvalue weighted by Gasteiger charge is -2.45. The Bertz CT molecular complexity index is 1170. The van der Waals surface area contributed by atoms with Crippen molar-refractivity contribution >= 4 is 10.8 Å². The van der Waals surface area contributed by atoms with Crippen molar-refractivity contribution < 1.29 is 19.3 Å². The number of hydrogen-bond donors (Lipinski definition) is 1. The van der Waals surface area contributed by atoms with Crippen LogP contribution in [0.25, 0.3) is 10.8 Å². The van der Waals surface area contributed by atoms with Gasteiger partial charge in [0.05, 0.1) is 30.9 Å². The maximum Gasteiger partial charge on any atom is 0.259 e. The second-order valence-electron chi connectivity index (χ2n) is 7.40. The molecule has 4 rings (SSSR count). The minimum Gasteiger partial charge on any atom is -0.479 e. The van der Waals surface area contributed by atoms with Gasteiger partial charge in [-0.2, -0.15) is 5.26 Å². The van der Waals surface area contributed by atoms with Gasteiger partial charge in [0.15, 0.2) is 5.60 Å². The van der Waals surface area contributed by atoms with Gasteiger partial charge in [0.25, 0.3) is 5.56 Å². The lowest BCUT2D eigenvalue weighted by Crippen LogP contribution is -2.61. The molecule has 1 aliphatic heterocycles. The van der Waals surface area contributed by atoms with E-state index in [9.17, 15) is 15.2 Å². The summed E-state index contributed by atoms with van der Waals surface area (Å²) in [6.45, 7) is 0.112. The van der Waals surface area contributed by atoms with Gasteiger partial charge in [0, 0.05) is 31.4 Å². The van der Waals surface area contributed by atoms with E-state index in [2.05, 4.69) is 6.07 Å². The number of fused-ring (bicyclic) bond motifs is 2. The molecule has 0 saturated carbocycles. The zero-order valence-corrected chi connectivity index (χ0v) is 16.7. The first-order valence-electron chi connectivity index (χ1n) is 9.53.